The van der Waals surface area contributed by atoms with Gasteiger partial charge in [0.1, 0.15) is 5.75 Å². The summed E-state index contributed by atoms with van der Waals surface area (Å²) in [6, 6.07) is 7.97. The fourth-order valence-electron chi connectivity index (χ4n) is 2.51. The van der Waals surface area contributed by atoms with E-state index in [1.165, 1.54) is 11.8 Å². The molecule has 0 saturated carbocycles. The number of amides is 2. The second-order valence-electron chi connectivity index (χ2n) is 6.82. The number of rotatable bonds is 9. The van der Waals surface area contributed by atoms with Crippen molar-refractivity contribution in [3.05, 3.63) is 30.3 Å². The minimum Gasteiger partial charge on any atom is -0.484 e. The molecular weight excluding hydrogens is 380 g/mol. The summed E-state index contributed by atoms with van der Waals surface area (Å²) in [5.41, 5.74) is 2.29. The smallest absolute Gasteiger partial charge is 0.309 e. The summed E-state index contributed by atoms with van der Waals surface area (Å²) in [6.07, 6.45) is 0.342. The molecule has 1 aliphatic rings. The van der Waals surface area contributed by atoms with Gasteiger partial charge in [-0.3, -0.25) is 14.4 Å². The molecule has 152 valence electrons. The Balaban J connectivity index is 1.92. The number of carbonyl (C=O) groups excluding carboxylic acids is 3. The number of nitrogens with zero attached hydrogens (tertiary/aromatic N) is 2. The van der Waals surface area contributed by atoms with Gasteiger partial charge in [0, 0.05) is 19.3 Å². The molecule has 0 aromatic heterocycles. The Bertz CT molecular complexity index is 724. The molecule has 28 heavy (non-hydrogen) atoms. The molecule has 1 aromatic rings. The molecule has 2 N–H and O–H groups in total. The molecule has 1 aliphatic heterocycles. The number of thioether (sulfide) groups is 1. The number of ketones is 1. The number of carbonyl (C=O) groups is 3. The van der Waals surface area contributed by atoms with Crippen molar-refractivity contribution in [2.24, 2.45) is 11.0 Å². The van der Waals surface area contributed by atoms with Crippen LogP contribution in [-0.4, -0.2) is 59.7 Å². The van der Waals surface area contributed by atoms with Gasteiger partial charge in [0.2, 0.25) is 5.78 Å². The van der Waals surface area contributed by atoms with Crippen LogP contribution < -0.4 is 15.5 Å². The molecule has 0 spiro atoms. The maximum atomic E-state index is 12.5. The van der Waals surface area contributed by atoms with Crippen LogP contribution in [0.25, 0.3) is 0 Å². The normalized spacial score (nSPS) is 16.1. The van der Waals surface area contributed by atoms with E-state index in [-0.39, 0.29) is 12.5 Å². The van der Waals surface area contributed by atoms with E-state index in [0.717, 1.165) is 12.3 Å². The number of nitrogens with one attached hydrogen (secondary N) is 2. The van der Waals surface area contributed by atoms with E-state index < -0.39 is 23.6 Å². The first kappa shape index (κ1) is 21.7. The fourth-order valence-corrected chi connectivity index (χ4v) is 3.48. The topological polar surface area (TPSA) is 100 Å². The first-order chi connectivity index (χ1) is 13.4. The van der Waals surface area contributed by atoms with E-state index in [9.17, 15) is 14.4 Å². The standard InChI is InChI=1S/C19H26N4O4S/c1-13(2)11-15(20-16(24)12-27-14-7-5-4-6-8-14)17(25)18(26)21-22-19-23(3)9-10-28-19/h4-8,13,15H,9-12H2,1-3H3,(H,20,24)(H,21,26)/t15-/m0/s1. The van der Waals surface area contributed by atoms with Gasteiger partial charge in [-0.05, 0) is 24.5 Å². The molecule has 0 radical (unpaired) electrons. The summed E-state index contributed by atoms with van der Waals surface area (Å²) in [7, 11) is 1.86. The van der Waals surface area contributed by atoms with E-state index in [1.807, 2.05) is 31.9 Å². The van der Waals surface area contributed by atoms with Gasteiger partial charge in [-0.2, -0.15) is 0 Å². The van der Waals surface area contributed by atoms with Crippen molar-refractivity contribution >= 4 is 34.5 Å². The average Bonchev–Trinajstić information content (AvgIpc) is 3.08. The van der Waals surface area contributed by atoms with Crippen LogP contribution in [0.3, 0.4) is 0 Å². The van der Waals surface area contributed by atoms with Gasteiger partial charge < -0.3 is 15.0 Å². The molecule has 2 amide bonds. The second kappa shape index (κ2) is 10.7. The van der Waals surface area contributed by atoms with Crippen LogP contribution in [0.1, 0.15) is 20.3 Å². The molecule has 1 saturated heterocycles. The van der Waals surface area contributed by atoms with Crippen molar-refractivity contribution in [3.8, 4) is 5.75 Å². The Hall–Kier alpha value is -2.55. The zero-order chi connectivity index (χ0) is 20.5. The van der Waals surface area contributed by atoms with Crippen molar-refractivity contribution in [1.29, 1.82) is 0 Å². The lowest BCUT2D eigenvalue weighted by Gasteiger charge is -2.19. The molecule has 9 heteroatoms. The molecule has 1 heterocycles. The number of Topliss-reactive ketones (excluding diaryl/α,β-unsaturated/α-hetero) is 1. The highest BCUT2D eigenvalue weighted by Crippen LogP contribution is 2.15. The number of hydrogen-bond donors (Lipinski definition) is 2. The number of hydrazone groups is 1. The Morgan fingerprint density at radius 3 is 2.57 bits per heavy atom. The number of hydrogen-bond acceptors (Lipinski definition) is 6. The number of amidine groups is 1. The van der Waals surface area contributed by atoms with Gasteiger partial charge in [0.05, 0.1) is 6.04 Å². The van der Waals surface area contributed by atoms with Gasteiger partial charge in [-0.15, -0.1) is 5.10 Å². The van der Waals surface area contributed by atoms with Crippen LogP contribution in [0.15, 0.2) is 35.4 Å². The molecule has 0 bridgehead atoms. The largest absolute Gasteiger partial charge is 0.484 e. The predicted molar refractivity (Wildman–Crippen MR) is 109 cm³/mol. The average molecular weight is 407 g/mol. The Labute approximate surface area is 169 Å². The highest BCUT2D eigenvalue weighted by molar-refractivity contribution is 8.14. The van der Waals surface area contributed by atoms with Crippen molar-refractivity contribution in [2.45, 2.75) is 26.3 Å². The zero-order valence-electron chi connectivity index (χ0n) is 16.3. The van der Waals surface area contributed by atoms with E-state index >= 15 is 0 Å². The number of benzene rings is 1. The van der Waals surface area contributed by atoms with Crippen LogP contribution in [-0.2, 0) is 14.4 Å². The van der Waals surface area contributed by atoms with Gasteiger partial charge in [-0.1, -0.05) is 43.8 Å². The van der Waals surface area contributed by atoms with Crippen molar-refractivity contribution in [3.63, 3.8) is 0 Å². The van der Waals surface area contributed by atoms with Crippen LogP contribution in [0, 0.1) is 5.92 Å². The highest BCUT2D eigenvalue weighted by Gasteiger charge is 2.28. The zero-order valence-corrected chi connectivity index (χ0v) is 17.1. The van der Waals surface area contributed by atoms with Gasteiger partial charge in [-0.25, -0.2) is 5.43 Å². The maximum absolute atomic E-state index is 12.5. The SMILES string of the molecule is CC(C)C[C@H](NC(=O)COc1ccccc1)C(=O)C(=O)NN=C1SCCN1C. The molecule has 0 unspecified atom stereocenters. The molecule has 2 rings (SSSR count). The van der Waals surface area contributed by atoms with E-state index in [2.05, 4.69) is 15.8 Å². The maximum Gasteiger partial charge on any atom is 0.309 e. The van der Waals surface area contributed by atoms with E-state index in [1.54, 1.807) is 24.3 Å². The third-order valence-electron chi connectivity index (χ3n) is 3.93. The third kappa shape index (κ3) is 6.88. The molecule has 1 aromatic carbocycles. The molecular formula is C19H26N4O4S. The quantitative estimate of drug-likeness (QED) is 0.473. The number of ether oxygens (including phenoxy) is 1. The Morgan fingerprint density at radius 1 is 1.25 bits per heavy atom. The van der Waals surface area contributed by atoms with Crippen LogP contribution >= 0.6 is 11.8 Å². The Morgan fingerprint density at radius 2 is 1.96 bits per heavy atom. The summed E-state index contributed by atoms with van der Waals surface area (Å²) < 4.78 is 5.39. The Kier molecular flexibility index (Phi) is 8.31. The van der Waals surface area contributed by atoms with Crippen molar-refractivity contribution < 1.29 is 19.1 Å². The monoisotopic (exact) mass is 406 g/mol. The predicted octanol–water partition coefficient (Wildman–Crippen LogP) is 1.23. The van der Waals surface area contributed by atoms with Gasteiger partial charge in [0.15, 0.2) is 11.8 Å². The van der Waals surface area contributed by atoms with Crippen molar-refractivity contribution in [1.82, 2.24) is 15.6 Å². The molecule has 1 atom stereocenters. The van der Waals surface area contributed by atoms with E-state index in [4.69, 9.17) is 4.74 Å². The minimum absolute atomic E-state index is 0.111. The summed E-state index contributed by atoms with van der Waals surface area (Å²) >= 11 is 1.50. The summed E-state index contributed by atoms with van der Waals surface area (Å²) in [6.45, 7) is 4.42. The minimum atomic E-state index is -0.930. The summed E-state index contributed by atoms with van der Waals surface area (Å²) in [5.74, 6) is -0.490. The van der Waals surface area contributed by atoms with Gasteiger partial charge in [0.25, 0.3) is 5.91 Å². The van der Waals surface area contributed by atoms with Gasteiger partial charge >= 0.3 is 5.91 Å². The molecule has 1 fully saturated rings. The lowest BCUT2D eigenvalue weighted by molar-refractivity contribution is -0.140. The lowest BCUT2D eigenvalue weighted by atomic mass is 10.00. The lowest BCUT2D eigenvalue weighted by Crippen LogP contribution is -2.48. The third-order valence-corrected chi connectivity index (χ3v) is 4.98. The van der Waals surface area contributed by atoms with E-state index in [0.29, 0.717) is 17.3 Å². The summed E-state index contributed by atoms with van der Waals surface area (Å²) in [4.78, 5) is 38.8. The second-order valence-corrected chi connectivity index (χ2v) is 7.88. The molecule has 8 nitrogen and oxygen atoms in total. The molecule has 0 aliphatic carbocycles. The highest BCUT2D eigenvalue weighted by atomic mass is 32.2. The van der Waals surface area contributed by atoms with Crippen molar-refractivity contribution in [2.75, 3.05) is 26.0 Å². The number of para-hydroxylation sites is 1. The van der Waals surface area contributed by atoms with Crippen LogP contribution in [0.5, 0.6) is 5.75 Å². The van der Waals surface area contributed by atoms with Crippen LogP contribution in [0.2, 0.25) is 0 Å². The van der Waals surface area contributed by atoms with Crippen LogP contribution in [0.4, 0.5) is 0 Å². The first-order valence-electron chi connectivity index (χ1n) is 9.10. The fraction of sp³-hybridized carbons (Fsp3) is 0.474. The first-order valence-corrected chi connectivity index (χ1v) is 10.1. The summed E-state index contributed by atoms with van der Waals surface area (Å²) in [5, 5.41) is 7.24.